The van der Waals surface area contributed by atoms with E-state index in [-0.39, 0.29) is 17.1 Å². The van der Waals surface area contributed by atoms with E-state index in [2.05, 4.69) is 61.2 Å². The molecule has 1 aliphatic heterocycles. The summed E-state index contributed by atoms with van der Waals surface area (Å²) in [6, 6.07) is 11.5. The molecule has 1 saturated heterocycles. The highest BCUT2D eigenvalue weighted by Gasteiger charge is 2.55. The second-order valence-corrected chi connectivity index (χ2v) is 11.2. The lowest BCUT2D eigenvalue weighted by molar-refractivity contribution is 0.0230. The lowest BCUT2D eigenvalue weighted by Crippen LogP contribution is -2.55. The highest BCUT2D eigenvalue weighted by Crippen LogP contribution is 2.50. The highest BCUT2D eigenvalue weighted by molar-refractivity contribution is 5.78. The van der Waals surface area contributed by atoms with E-state index < -0.39 is 5.41 Å². The normalized spacial score (nSPS) is 29.1. The van der Waals surface area contributed by atoms with E-state index in [0.717, 1.165) is 38.8 Å². The van der Waals surface area contributed by atoms with Gasteiger partial charge < -0.3 is 9.80 Å². The molecule has 1 heterocycles. The van der Waals surface area contributed by atoms with Crippen molar-refractivity contribution in [2.75, 3.05) is 33.7 Å². The molecule has 0 aromatic heterocycles. The van der Waals surface area contributed by atoms with Gasteiger partial charge in [-0.3, -0.25) is 4.90 Å². The van der Waals surface area contributed by atoms with E-state index >= 15 is 0 Å². The Labute approximate surface area is 188 Å². The van der Waals surface area contributed by atoms with Crippen LogP contribution in [0, 0.1) is 29.6 Å². The zero-order valence-electron chi connectivity index (χ0n) is 19.9. The van der Waals surface area contributed by atoms with Crippen molar-refractivity contribution in [2.24, 2.45) is 11.3 Å². The van der Waals surface area contributed by atoms with Crippen LogP contribution >= 0.6 is 0 Å². The standard InChI is InChI=1S/C26H38N4O/c1-20-7-6-8-22(15-20)26(28(4)5)13-11-25(12-14-26)19-29(18-24(2,3)17-27)23(31)30(25)16-21-9-10-21/h6-8,15,21H,9-14,16,18-19H2,1-5H3/t25-,26+. The van der Waals surface area contributed by atoms with Crippen LogP contribution in [-0.2, 0) is 5.54 Å². The first kappa shape index (κ1) is 22.1. The number of carbonyl (C=O) groups is 1. The van der Waals surface area contributed by atoms with Crippen molar-refractivity contribution in [1.82, 2.24) is 14.7 Å². The predicted molar refractivity (Wildman–Crippen MR) is 124 cm³/mol. The fraction of sp³-hybridized carbons (Fsp3) is 0.692. The topological polar surface area (TPSA) is 50.6 Å². The Morgan fingerprint density at radius 3 is 2.42 bits per heavy atom. The maximum atomic E-state index is 13.5. The molecule has 4 rings (SSSR count). The van der Waals surface area contributed by atoms with Crippen LogP contribution < -0.4 is 0 Å². The number of urea groups is 1. The summed E-state index contributed by atoms with van der Waals surface area (Å²) in [7, 11) is 4.40. The molecule has 168 valence electrons. The van der Waals surface area contributed by atoms with Gasteiger partial charge in [-0.2, -0.15) is 5.26 Å². The summed E-state index contributed by atoms with van der Waals surface area (Å²) in [6.07, 6.45) is 6.62. The number of hydrogen-bond donors (Lipinski definition) is 0. The molecule has 3 aliphatic rings. The Hall–Kier alpha value is -2.06. The average Bonchev–Trinajstić information content (AvgIpc) is 3.52. The van der Waals surface area contributed by atoms with Crippen LogP contribution in [0.3, 0.4) is 0 Å². The molecule has 1 aromatic rings. The number of hydrogen-bond acceptors (Lipinski definition) is 3. The van der Waals surface area contributed by atoms with Gasteiger partial charge in [-0.05, 0) is 84.9 Å². The molecule has 0 N–H and O–H groups in total. The number of rotatable bonds is 6. The molecule has 2 aliphatic carbocycles. The number of carbonyl (C=O) groups excluding carboxylic acids is 1. The zero-order valence-corrected chi connectivity index (χ0v) is 19.9. The first-order chi connectivity index (χ1) is 14.6. The van der Waals surface area contributed by atoms with Gasteiger partial charge in [0, 0.05) is 25.2 Å². The number of nitriles is 1. The fourth-order valence-electron chi connectivity index (χ4n) is 5.83. The van der Waals surface area contributed by atoms with E-state index in [1.807, 2.05) is 18.7 Å². The van der Waals surface area contributed by atoms with Gasteiger partial charge in [0.1, 0.15) is 0 Å². The zero-order chi connectivity index (χ0) is 22.4. The number of nitrogens with zero attached hydrogens (tertiary/aromatic N) is 4. The molecule has 1 aromatic carbocycles. The van der Waals surface area contributed by atoms with Gasteiger partial charge in [0.15, 0.2) is 0 Å². The second-order valence-electron chi connectivity index (χ2n) is 11.2. The van der Waals surface area contributed by atoms with Crippen molar-refractivity contribution in [3.63, 3.8) is 0 Å². The SMILES string of the molecule is Cc1cccc([C@]2(N(C)C)CC[C@@]3(CC2)CN(CC(C)(C)C#N)C(=O)N3CC2CC2)c1. The van der Waals surface area contributed by atoms with E-state index in [0.29, 0.717) is 12.5 Å². The smallest absolute Gasteiger partial charge is 0.320 e. The van der Waals surface area contributed by atoms with E-state index in [4.69, 9.17) is 0 Å². The lowest BCUT2D eigenvalue weighted by atomic mass is 9.68. The second kappa shape index (κ2) is 7.81. The molecule has 0 bridgehead atoms. The van der Waals surface area contributed by atoms with Crippen LogP contribution in [0.1, 0.15) is 63.5 Å². The molecule has 0 radical (unpaired) electrons. The van der Waals surface area contributed by atoms with Crippen molar-refractivity contribution in [1.29, 1.82) is 5.26 Å². The molecule has 2 saturated carbocycles. The first-order valence-electron chi connectivity index (χ1n) is 11.8. The summed E-state index contributed by atoms with van der Waals surface area (Å²) >= 11 is 0. The molecule has 31 heavy (non-hydrogen) atoms. The minimum Gasteiger partial charge on any atom is -0.321 e. The predicted octanol–water partition coefficient (Wildman–Crippen LogP) is 4.76. The largest absolute Gasteiger partial charge is 0.321 e. The monoisotopic (exact) mass is 422 g/mol. The summed E-state index contributed by atoms with van der Waals surface area (Å²) < 4.78 is 0. The molecular formula is C26H38N4O. The Bertz CT molecular complexity index is 872. The average molecular weight is 423 g/mol. The third-order valence-electron chi connectivity index (χ3n) is 8.01. The van der Waals surface area contributed by atoms with Gasteiger partial charge in [0.05, 0.1) is 17.0 Å². The van der Waals surface area contributed by atoms with E-state index in [1.54, 1.807) is 0 Å². The number of aryl methyl sites for hydroxylation is 1. The first-order valence-corrected chi connectivity index (χ1v) is 11.8. The van der Waals surface area contributed by atoms with Crippen LogP contribution in [0.5, 0.6) is 0 Å². The molecule has 0 unspecified atom stereocenters. The molecule has 0 atom stereocenters. The van der Waals surface area contributed by atoms with Crippen LogP contribution in [-0.4, -0.2) is 60.0 Å². The third kappa shape index (κ3) is 4.07. The summed E-state index contributed by atoms with van der Waals surface area (Å²) in [4.78, 5) is 20.1. The van der Waals surface area contributed by atoms with Crippen LogP contribution in [0.2, 0.25) is 0 Å². The highest BCUT2D eigenvalue weighted by atomic mass is 16.2. The summed E-state index contributed by atoms with van der Waals surface area (Å²) in [5.41, 5.74) is 2.11. The van der Waals surface area contributed by atoms with Gasteiger partial charge in [-0.25, -0.2) is 4.79 Å². The van der Waals surface area contributed by atoms with Gasteiger partial charge in [-0.1, -0.05) is 29.8 Å². The van der Waals surface area contributed by atoms with Crippen molar-refractivity contribution in [2.45, 2.75) is 70.4 Å². The summed E-state index contributed by atoms with van der Waals surface area (Å²) in [5.74, 6) is 0.669. The molecule has 5 nitrogen and oxygen atoms in total. The van der Waals surface area contributed by atoms with Crippen molar-refractivity contribution >= 4 is 6.03 Å². The van der Waals surface area contributed by atoms with Crippen molar-refractivity contribution in [3.8, 4) is 6.07 Å². The van der Waals surface area contributed by atoms with Gasteiger partial charge in [0.2, 0.25) is 0 Å². The summed E-state index contributed by atoms with van der Waals surface area (Å²) in [6.45, 7) is 8.21. The minimum absolute atomic E-state index is 0.0188. The maximum absolute atomic E-state index is 13.5. The van der Waals surface area contributed by atoms with Crippen LogP contribution in [0.25, 0.3) is 0 Å². The van der Waals surface area contributed by atoms with Crippen LogP contribution in [0.15, 0.2) is 24.3 Å². The Morgan fingerprint density at radius 2 is 1.87 bits per heavy atom. The van der Waals surface area contributed by atoms with Crippen LogP contribution in [0.4, 0.5) is 4.79 Å². The van der Waals surface area contributed by atoms with Crippen molar-refractivity contribution in [3.05, 3.63) is 35.4 Å². The molecule has 1 spiro atoms. The Morgan fingerprint density at radius 1 is 1.19 bits per heavy atom. The molecular weight excluding hydrogens is 384 g/mol. The fourth-order valence-corrected chi connectivity index (χ4v) is 5.83. The molecule has 3 fully saturated rings. The Balaban J connectivity index is 1.60. The minimum atomic E-state index is -0.518. The number of benzene rings is 1. The number of amides is 2. The summed E-state index contributed by atoms with van der Waals surface area (Å²) in [5, 5.41) is 9.53. The van der Waals surface area contributed by atoms with Gasteiger partial charge in [0.25, 0.3) is 0 Å². The van der Waals surface area contributed by atoms with Crippen molar-refractivity contribution < 1.29 is 4.79 Å². The molecule has 5 heteroatoms. The Kier molecular flexibility index (Phi) is 5.58. The third-order valence-corrected chi connectivity index (χ3v) is 8.01. The van der Waals surface area contributed by atoms with Gasteiger partial charge in [-0.15, -0.1) is 0 Å². The maximum Gasteiger partial charge on any atom is 0.320 e. The van der Waals surface area contributed by atoms with E-state index in [1.165, 1.54) is 24.0 Å². The lowest BCUT2D eigenvalue weighted by Gasteiger charge is -2.51. The van der Waals surface area contributed by atoms with Gasteiger partial charge >= 0.3 is 6.03 Å². The quantitative estimate of drug-likeness (QED) is 0.664. The van der Waals surface area contributed by atoms with E-state index in [9.17, 15) is 10.1 Å². The molecule has 2 amide bonds.